The van der Waals surface area contributed by atoms with Gasteiger partial charge in [-0.1, -0.05) is 6.92 Å². The monoisotopic (exact) mass is 227 g/mol. The van der Waals surface area contributed by atoms with E-state index < -0.39 is 17.6 Å². The molecule has 0 aromatic heterocycles. The second-order valence-electron chi connectivity index (χ2n) is 2.86. The molecule has 0 saturated heterocycles. The predicted octanol–water partition coefficient (Wildman–Crippen LogP) is 0.0821. The molecule has 0 heterocycles. The molecule has 0 fully saturated rings. The van der Waals surface area contributed by atoms with Crippen molar-refractivity contribution in [3.63, 3.8) is 0 Å². The number of thioether (sulfide) groups is 1. The highest BCUT2D eigenvalue weighted by molar-refractivity contribution is 7.99. The first-order chi connectivity index (χ1) is 6.44. The lowest BCUT2D eigenvalue weighted by Crippen LogP contribution is -2.45. The molecule has 0 spiro atoms. The third kappa shape index (κ3) is 4.73. The maximum Gasteiger partial charge on any atom is 0.334 e. The molecule has 7 heteroatoms. The lowest BCUT2D eigenvalue weighted by Gasteiger charge is -2.14. The third-order valence-corrected chi connectivity index (χ3v) is 2.83. The topological polar surface area (TPSA) is 81.1 Å². The van der Waals surface area contributed by atoms with Crippen molar-refractivity contribution >= 4 is 17.7 Å². The molecular formula is C7H15F2N3OS. The molecule has 0 aliphatic heterocycles. The van der Waals surface area contributed by atoms with Gasteiger partial charge in [0.15, 0.2) is 0 Å². The second kappa shape index (κ2) is 6.15. The van der Waals surface area contributed by atoms with Crippen molar-refractivity contribution in [2.24, 2.45) is 11.6 Å². The molecule has 0 aliphatic carbocycles. The van der Waals surface area contributed by atoms with E-state index in [1.165, 1.54) is 5.43 Å². The average molecular weight is 227 g/mol. The fraction of sp³-hybridized carbons (Fsp3) is 0.857. The second-order valence-corrected chi connectivity index (χ2v) is 3.89. The summed E-state index contributed by atoms with van der Waals surface area (Å²) in [6.07, 6.45) is 0.724. The van der Waals surface area contributed by atoms with E-state index in [2.05, 4.69) is 5.84 Å². The molecule has 0 bridgehead atoms. The maximum atomic E-state index is 12.8. The first-order valence-electron chi connectivity index (χ1n) is 4.16. The van der Waals surface area contributed by atoms with E-state index in [0.29, 0.717) is 5.75 Å². The van der Waals surface area contributed by atoms with Crippen LogP contribution in [-0.2, 0) is 4.79 Å². The maximum absolute atomic E-state index is 12.8. The highest BCUT2D eigenvalue weighted by Crippen LogP contribution is 2.20. The van der Waals surface area contributed by atoms with Gasteiger partial charge in [0.05, 0.1) is 5.75 Å². The van der Waals surface area contributed by atoms with E-state index in [4.69, 9.17) is 5.73 Å². The molecular weight excluding hydrogens is 212 g/mol. The number of alkyl halides is 2. The van der Waals surface area contributed by atoms with Gasteiger partial charge in [0.25, 0.3) is 0 Å². The van der Waals surface area contributed by atoms with Crippen LogP contribution in [0.5, 0.6) is 0 Å². The Hall–Kier alpha value is -0.400. The molecule has 0 aromatic rings. The van der Waals surface area contributed by atoms with Gasteiger partial charge in [-0.2, -0.15) is 20.5 Å². The van der Waals surface area contributed by atoms with Crippen LogP contribution in [0.15, 0.2) is 0 Å². The van der Waals surface area contributed by atoms with Crippen LogP contribution >= 0.6 is 11.8 Å². The highest BCUT2D eigenvalue weighted by atomic mass is 32.2. The van der Waals surface area contributed by atoms with E-state index in [1.807, 2.05) is 6.92 Å². The van der Waals surface area contributed by atoms with E-state index >= 15 is 0 Å². The van der Waals surface area contributed by atoms with Gasteiger partial charge in [-0.15, -0.1) is 0 Å². The highest BCUT2D eigenvalue weighted by Gasteiger charge is 2.37. The Morgan fingerprint density at radius 1 is 1.64 bits per heavy atom. The van der Waals surface area contributed by atoms with Crippen molar-refractivity contribution in [3.05, 3.63) is 0 Å². The van der Waals surface area contributed by atoms with Crippen molar-refractivity contribution in [3.8, 4) is 0 Å². The van der Waals surface area contributed by atoms with E-state index in [1.54, 1.807) is 0 Å². The molecule has 14 heavy (non-hydrogen) atoms. The third-order valence-electron chi connectivity index (χ3n) is 1.60. The summed E-state index contributed by atoms with van der Waals surface area (Å²) in [4.78, 5) is 10.5. The van der Waals surface area contributed by atoms with Crippen LogP contribution in [0.4, 0.5) is 8.78 Å². The minimum atomic E-state index is -3.42. The normalized spacial score (nSPS) is 13.8. The smallest absolute Gasteiger partial charge is 0.327 e. The number of amides is 1. The standard InChI is InChI=1S/C7H15F2N3OS/c1-2-5(10)3-14-4-7(8,9)6(13)12-11/h5H,2-4,10-11H2,1H3,(H,12,13). The predicted molar refractivity (Wildman–Crippen MR) is 52.9 cm³/mol. The summed E-state index contributed by atoms with van der Waals surface area (Å²) < 4.78 is 25.6. The van der Waals surface area contributed by atoms with Crippen LogP contribution in [0.25, 0.3) is 0 Å². The number of hydrogen-bond acceptors (Lipinski definition) is 4. The summed E-state index contributed by atoms with van der Waals surface area (Å²) in [5.74, 6) is -0.471. The average Bonchev–Trinajstić information content (AvgIpc) is 2.15. The molecule has 1 unspecified atom stereocenters. The van der Waals surface area contributed by atoms with Crippen LogP contribution in [0.3, 0.4) is 0 Å². The summed E-state index contributed by atoms with van der Waals surface area (Å²) in [6.45, 7) is 1.87. The first kappa shape index (κ1) is 13.6. The number of carbonyl (C=O) groups is 1. The summed E-state index contributed by atoms with van der Waals surface area (Å²) in [7, 11) is 0. The number of carbonyl (C=O) groups excluding carboxylic acids is 1. The largest absolute Gasteiger partial charge is 0.334 e. The van der Waals surface area contributed by atoms with Crippen LogP contribution in [0.2, 0.25) is 0 Å². The Morgan fingerprint density at radius 2 is 2.21 bits per heavy atom. The van der Waals surface area contributed by atoms with Crippen molar-refractivity contribution in [2.45, 2.75) is 25.3 Å². The quantitative estimate of drug-likeness (QED) is 0.341. The Bertz CT molecular complexity index is 192. The van der Waals surface area contributed by atoms with Gasteiger partial charge in [-0.25, -0.2) is 5.84 Å². The fourth-order valence-electron chi connectivity index (χ4n) is 0.627. The molecule has 5 N–H and O–H groups in total. The molecule has 84 valence electrons. The lowest BCUT2D eigenvalue weighted by atomic mass is 10.3. The van der Waals surface area contributed by atoms with Gasteiger partial charge in [-0.3, -0.25) is 10.2 Å². The molecule has 4 nitrogen and oxygen atoms in total. The van der Waals surface area contributed by atoms with Crippen molar-refractivity contribution in [1.82, 2.24) is 5.43 Å². The molecule has 0 aromatic carbocycles. The van der Waals surface area contributed by atoms with Crippen LogP contribution in [0, 0.1) is 0 Å². The fourth-order valence-corrected chi connectivity index (χ4v) is 1.67. The van der Waals surface area contributed by atoms with Crippen LogP contribution < -0.4 is 17.0 Å². The van der Waals surface area contributed by atoms with Gasteiger partial charge < -0.3 is 5.73 Å². The Balaban J connectivity index is 3.82. The van der Waals surface area contributed by atoms with Crippen LogP contribution in [0.1, 0.15) is 13.3 Å². The zero-order chi connectivity index (χ0) is 11.2. The number of hydrogen-bond donors (Lipinski definition) is 3. The van der Waals surface area contributed by atoms with Crippen molar-refractivity contribution < 1.29 is 13.6 Å². The number of halogens is 2. The molecule has 0 saturated carbocycles. The van der Waals surface area contributed by atoms with E-state index in [9.17, 15) is 13.6 Å². The summed E-state index contributed by atoms with van der Waals surface area (Å²) in [5.41, 5.74) is 6.94. The molecule has 1 atom stereocenters. The SMILES string of the molecule is CCC(N)CSCC(F)(F)C(=O)NN. The molecule has 0 rings (SSSR count). The van der Waals surface area contributed by atoms with E-state index in [-0.39, 0.29) is 6.04 Å². The van der Waals surface area contributed by atoms with Crippen molar-refractivity contribution in [1.29, 1.82) is 0 Å². The molecule has 0 aliphatic rings. The Kier molecular flexibility index (Phi) is 5.98. The lowest BCUT2D eigenvalue weighted by molar-refractivity contribution is -0.142. The van der Waals surface area contributed by atoms with Gasteiger partial charge in [0, 0.05) is 11.8 Å². The minimum Gasteiger partial charge on any atom is -0.327 e. The van der Waals surface area contributed by atoms with Gasteiger partial charge >= 0.3 is 11.8 Å². The Labute approximate surface area is 85.7 Å². The minimum absolute atomic E-state index is 0.114. The zero-order valence-electron chi connectivity index (χ0n) is 7.93. The number of hydrazine groups is 1. The van der Waals surface area contributed by atoms with Crippen molar-refractivity contribution in [2.75, 3.05) is 11.5 Å². The van der Waals surface area contributed by atoms with Crippen LogP contribution in [-0.4, -0.2) is 29.4 Å². The number of nitrogens with two attached hydrogens (primary N) is 2. The number of rotatable bonds is 6. The summed E-state index contributed by atoms with van der Waals surface area (Å²) in [6, 6.07) is -0.114. The summed E-state index contributed by atoms with van der Waals surface area (Å²) >= 11 is 0.945. The van der Waals surface area contributed by atoms with Gasteiger partial charge in [0.2, 0.25) is 0 Å². The van der Waals surface area contributed by atoms with Gasteiger partial charge in [-0.05, 0) is 6.42 Å². The summed E-state index contributed by atoms with van der Waals surface area (Å²) in [5, 5.41) is 0. The zero-order valence-corrected chi connectivity index (χ0v) is 8.74. The van der Waals surface area contributed by atoms with Gasteiger partial charge in [0.1, 0.15) is 0 Å². The number of nitrogens with one attached hydrogen (secondary N) is 1. The first-order valence-corrected chi connectivity index (χ1v) is 5.31. The van der Waals surface area contributed by atoms with E-state index in [0.717, 1.165) is 18.2 Å². The molecule has 1 amide bonds. The molecule has 0 radical (unpaired) electrons. The Morgan fingerprint density at radius 3 is 2.64 bits per heavy atom.